The highest BCUT2D eigenvalue weighted by atomic mass is 16.7. The van der Waals surface area contributed by atoms with Gasteiger partial charge in [-0.15, -0.1) is 0 Å². The zero-order valence-corrected chi connectivity index (χ0v) is 8.90. The van der Waals surface area contributed by atoms with Crippen LogP contribution in [0.2, 0.25) is 0 Å². The Kier molecular flexibility index (Phi) is 2.66. The van der Waals surface area contributed by atoms with Crippen molar-refractivity contribution >= 4 is 0 Å². The normalized spacial score (nSPS) is 37.3. The molecular weight excluding hydrogens is 232 g/mol. The Bertz CT molecular complexity index is 533. The average molecular weight is 244 g/mol. The number of nitrogens with one attached hydrogen (secondary N) is 1. The lowest BCUT2D eigenvalue weighted by Crippen LogP contribution is -2.46. The van der Waals surface area contributed by atoms with Crippen LogP contribution in [0.1, 0.15) is 13.2 Å². The maximum absolute atomic E-state index is 11.5. The third-order valence-electron chi connectivity index (χ3n) is 2.74. The van der Waals surface area contributed by atoms with Gasteiger partial charge in [-0.3, -0.25) is 14.3 Å². The third-order valence-corrected chi connectivity index (χ3v) is 2.74. The van der Waals surface area contributed by atoms with E-state index in [0.717, 1.165) is 16.8 Å². The van der Waals surface area contributed by atoms with Crippen LogP contribution in [0.4, 0.5) is 0 Å². The van der Waals surface area contributed by atoms with Crippen molar-refractivity contribution in [1.82, 2.24) is 9.55 Å². The fourth-order valence-corrected chi connectivity index (χ4v) is 1.74. The Balaban J connectivity index is 2.48. The molecule has 0 aliphatic carbocycles. The highest BCUT2D eigenvalue weighted by Crippen LogP contribution is 2.36. The summed E-state index contributed by atoms with van der Waals surface area (Å²) in [6.07, 6.45) is -3.32. The molecule has 1 fully saturated rings. The van der Waals surface area contributed by atoms with Crippen molar-refractivity contribution in [1.29, 1.82) is 0 Å². The molecule has 94 valence electrons. The second-order valence-corrected chi connectivity index (χ2v) is 4.07. The lowest BCUT2D eigenvalue weighted by atomic mass is 9.99. The first-order valence-corrected chi connectivity index (χ1v) is 4.89. The SMILES string of the molecule is C[C@@]1(O)[C@H](O)[C@@H](O)O[C@H]1n1ccc(=O)[nH]c1=O. The predicted molar refractivity (Wildman–Crippen MR) is 54.1 cm³/mol. The van der Waals surface area contributed by atoms with Gasteiger partial charge in [-0.25, -0.2) is 4.79 Å². The Morgan fingerprint density at radius 3 is 2.59 bits per heavy atom. The van der Waals surface area contributed by atoms with E-state index < -0.39 is 35.5 Å². The van der Waals surface area contributed by atoms with Gasteiger partial charge in [0.15, 0.2) is 12.5 Å². The molecule has 0 saturated carbocycles. The molecule has 0 radical (unpaired) electrons. The average Bonchev–Trinajstić information content (AvgIpc) is 2.43. The van der Waals surface area contributed by atoms with Crippen molar-refractivity contribution in [3.05, 3.63) is 33.1 Å². The molecule has 2 heterocycles. The summed E-state index contributed by atoms with van der Waals surface area (Å²) in [6, 6.07) is 1.07. The first-order chi connectivity index (χ1) is 7.84. The predicted octanol–water partition coefficient (Wildman–Crippen LogP) is -2.50. The van der Waals surface area contributed by atoms with Crippen LogP contribution >= 0.6 is 0 Å². The second kappa shape index (κ2) is 3.77. The first-order valence-electron chi connectivity index (χ1n) is 4.89. The smallest absolute Gasteiger partial charge is 0.330 e. The number of ether oxygens (including phenoxy) is 1. The standard InChI is InChI=1S/C9H12N2O6/c1-9(16)5(13)6(14)17-7(9)11-3-2-4(12)10-8(11)15/h2-3,5-7,13-14,16H,1H3,(H,10,12,15)/t5-,6+,7-,9-/m1/s1. The zero-order valence-electron chi connectivity index (χ0n) is 8.90. The number of aliphatic hydroxyl groups is 3. The minimum Gasteiger partial charge on any atom is -0.385 e. The highest BCUT2D eigenvalue weighted by Gasteiger charge is 2.53. The van der Waals surface area contributed by atoms with Gasteiger partial charge < -0.3 is 20.1 Å². The number of aromatic amines is 1. The van der Waals surface area contributed by atoms with Gasteiger partial charge in [0, 0.05) is 12.3 Å². The number of aromatic nitrogens is 2. The van der Waals surface area contributed by atoms with E-state index in [0.29, 0.717) is 0 Å². The minimum absolute atomic E-state index is 0.593. The first kappa shape index (κ1) is 12.0. The van der Waals surface area contributed by atoms with E-state index in [-0.39, 0.29) is 0 Å². The molecule has 1 aliphatic rings. The largest absolute Gasteiger partial charge is 0.385 e. The van der Waals surface area contributed by atoms with Crippen LogP contribution in [0.25, 0.3) is 0 Å². The number of rotatable bonds is 1. The Morgan fingerprint density at radius 1 is 1.47 bits per heavy atom. The van der Waals surface area contributed by atoms with E-state index >= 15 is 0 Å². The molecule has 0 bridgehead atoms. The van der Waals surface area contributed by atoms with Crippen LogP contribution in [0.15, 0.2) is 21.9 Å². The fraction of sp³-hybridized carbons (Fsp3) is 0.556. The van der Waals surface area contributed by atoms with Crippen molar-refractivity contribution in [2.45, 2.75) is 31.1 Å². The molecular formula is C9H12N2O6. The Labute approximate surface area is 94.7 Å². The maximum Gasteiger partial charge on any atom is 0.330 e. The van der Waals surface area contributed by atoms with Gasteiger partial charge in [0.05, 0.1) is 0 Å². The monoisotopic (exact) mass is 244 g/mol. The lowest BCUT2D eigenvalue weighted by Gasteiger charge is -2.26. The van der Waals surface area contributed by atoms with Gasteiger partial charge in [0.2, 0.25) is 0 Å². The summed E-state index contributed by atoms with van der Waals surface area (Å²) >= 11 is 0. The van der Waals surface area contributed by atoms with E-state index in [1.165, 1.54) is 6.92 Å². The second-order valence-electron chi connectivity index (χ2n) is 4.07. The summed E-state index contributed by atoms with van der Waals surface area (Å²) in [4.78, 5) is 24.3. The number of hydrogen-bond donors (Lipinski definition) is 4. The summed E-state index contributed by atoms with van der Waals surface area (Å²) < 4.78 is 5.78. The molecule has 1 aromatic heterocycles. The molecule has 1 aliphatic heterocycles. The topological polar surface area (TPSA) is 125 Å². The Hall–Kier alpha value is -1.48. The number of H-pyrrole nitrogens is 1. The van der Waals surface area contributed by atoms with Gasteiger partial charge in [-0.2, -0.15) is 0 Å². The van der Waals surface area contributed by atoms with E-state index in [2.05, 4.69) is 0 Å². The fourth-order valence-electron chi connectivity index (χ4n) is 1.74. The molecule has 17 heavy (non-hydrogen) atoms. The van der Waals surface area contributed by atoms with Crippen LogP contribution in [0, 0.1) is 0 Å². The molecule has 8 nitrogen and oxygen atoms in total. The molecule has 4 atom stereocenters. The van der Waals surface area contributed by atoms with Gasteiger partial charge in [-0.1, -0.05) is 0 Å². The summed E-state index contributed by atoms with van der Waals surface area (Å²) in [5.41, 5.74) is -3.24. The van der Waals surface area contributed by atoms with Crippen LogP contribution in [-0.2, 0) is 4.74 Å². The highest BCUT2D eigenvalue weighted by molar-refractivity contribution is 4.98. The van der Waals surface area contributed by atoms with Gasteiger partial charge in [0.25, 0.3) is 5.56 Å². The van der Waals surface area contributed by atoms with Crippen molar-refractivity contribution < 1.29 is 20.1 Å². The quantitative estimate of drug-likeness (QED) is 0.432. The van der Waals surface area contributed by atoms with Crippen LogP contribution in [-0.4, -0.2) is 42.9 Å². The maximum atomic E-state index is 11.5. The molecule has 1 saturated heterocycles. The lowest BCUT2D eigenvalue weighted by molar-refractivity contribution is -0.143. The Morgan fingerprint density at radius 2 is 2.12 bits per heavy atom. The molecule has 2 rings (SSSR count). The van der Waals surface area contributed by atoms with Crippen LogP contribution < -0.4 is 11.2 Å². The third kappa shape index (κ3) is 1.80. The molecule has 0 spiro atoms. The van der Waals surface area contributed by atoms with Crippen LogP contribution in [0.3, 0.4) is 0 Å². The van der Waals surface area contributed by atoms with Crippen LogP contribution in [0.5, 0.6) is 0 Å². The van der Waals surface area contributed by atoms with Crippen molar-refractivity contribution in [3.63, 3.8) is 0 Å². The number of aliphatic hydroxyl groups excluding tert-OH is 2. The summed E-state index contributed by atoms with van der Waals surface area (Å²) in [6.45, 7) is 1.22. The molecule has 1 aromatic rings. The van der Waals surface area contributed by atoms with E-state index in [9.17, 15) is 24.9 Å². The van der Waals surface area contributed by atoms with Gasteiger partial charge >= 0.3 is 5.69 Å². The minimum atomic E-state index is -1.85. The number of nitrogens with zero attached hydrogens (tertiary/aromatic N) is 1. The molecule has 0 unspecified atom stereocenters. The van der Waals surface area contributed by atoms with Crippen molar-refractivity contribution in [2.24, 2.45) is 0 Å². The van der Waals surface area contributed by atoms with Crippen molar-refractivity contribution in [2.75, 3.05) is 0 Å². The van der Waals surface area contributed by atoms with Gasteiger partial charge in [0.1, 0.15) is 11.7 Å². The zero-order chi connectivity index (χ0) is 12.8. The molecule has 0 aromatic carbocycles. The van der Waals surface area contributed by atoms with E-state index in [1.807, 2.05) is 4.98 Å². The van der Waals surface area contributed by atoms with Gasteiger partial charge in [-0.05, 0) is 6.92 Å². The molecule has 8 heteroatoms. The summed E-state index contributed by atoms with van der Waals surface area (Å²) in [5.74, 6) is 0. The van der Waals surface area contributed by atoms with Crippen molar-refractivity contribution in [3.8, 4) is 0 Å². The summed E-state index contributed by atoms with van der Waals surface area (Å²) in [7, 11) is 0. The number of hydrogen-bond acceptors (Lipinski definition) is 6. The molecule has 4 N–H and O–H groups in total. The van der Waals surface area contributed by atoms with E-state index in [1.54, 1.807) is 0 Å². The molecule has 0 amide bonds. The van der Waals surface area contributed by atoms with E-state index in [4.69, 9.17) is 4.74 Å². The summed E-state index contributed by atoms with van der Waals surface area (Å²) in [5, 5.41) is 28.7.